The van der Waals surface area contributed by atoms with E-state index in [-0.39, 0.29) is 11.5 Å². The van der Waals surface area contributed by atoms with Gasteiger partial charge in [0.2, 0.25) is 0 Å². The number of hydrogen-bond acceptors (Lipinski definition) is 4. The third kappa shape index (κ3) is 3.42. The van der Waals surface area contributed by atoms with Gasteiger partial charge in [-0.15, -0.1) is 0 Å². The van der Waals surface area contributed by atoms with Gasteiger partial charge < -0.3 is 5.11 Å². The van der Waals surface area contributed by atoms with Gasteiger partial charge in [-0.1, -0.05) is 17.9 Å². The highest BCUT2D eigenvalue weighted by Gasteiger charge is 2.18. The lowest BCUT2D eigenvalue weighted by molar-refractivity contribution is 0.350. The van der Waals surface area contributed by atoms with Crippen molar-refractivity contribution in [2.45, 2.75) is 18.7 Å². The molecule has 0 aliphatic carbocycles. The van der Waals surface area contributed by atoms with Gasteiger partial charge >= 0.3 is 0 Å². The third-order valence-electron chi connectivity index (χ3n) is 2.87. The van der Waals surface area contributed by atoms with Crippen LogP contribution in [0, 0.1) is 25.7 Å². The summed E-state index contributed by atoms with van der Waals surface area (Å²) in [7, 11) is -3.69. The molecular formula is C14H15N3O3S. The average molecular weight is 305 g/mol. The van der Waals surface area contributed by atoms with Crippen LogP contribution < -0.4 is 4.72 Å². The van der Waals surface area contributed by atoms with Gasteiger partial charge in [0.05, 0.1) is 17.6 Å². The van der Waals surface area contributed by atoms with Gasteiger partial charge in [-0.25, -0.2) is 8.42 Å². The first kappa shape index (κ1) is 15.1. The first-order valence-corrected chi connectivity index (χ1v) is 7.65. The highest BCUT2D eigenvalue weighted by atomic mass is 32.2. The Morgan fingerprint density at radius 3 is 2.76 bits per heavy atom. The maximum Gasteiger partial charge on any atom is 0.265 e. The lowest BCUT2D eigenvalue weighted by Crippen LogP contribution is -2.13. The summed E-state index contributed by atoms with van der Waals surface area (Å²) in [6.45, 7) is 3.25. The number of rotatable bonds is 3. The van der Waals surface area contributed by atoms with E-state index in [1.165, 1.54) is 6.20 Å². The van der Waals surface area contributed by atoms with Crippen LogP contribution in [0.5, 0.6) is 0 Å². The fraction of sp³-hybridized carbons (Fsp3) is 0.214. The number of aryl methyl sites for hydroxylation is 2. The molecule has 1 aromatic carbocycles. The van der Waals surface area contributed by atoms with Crippen LogP contribution in [0.1, 0.15) is 16.8 Å². The Morgan fingerprint density at radius 1 is 1.38 bits per heavy atom. The molecular weight excluding hydrogens is 290 g/mol. The number of nitrogens with one attached hydrogen (secondary N) is 2. The summed E-state index contributed by atoms with van der Waals surface area (Å²) in [6, 6.07) is 5.05. The molecule has 0 unspecified atom stereocenters. The van der Waals surface area contributed by atoms with Crippen LogP contribution in [0.3, 0.4) is 0 Å². The molecule has 0 aliphatic rings. The number of nitrogens with zero attached hydrogens (tertiary/aromatic N) is 1. The van der Waals surface area contributed by atoms with Crippen LogP contribution in [-0.2, 0) is 10.0 Å². The molecule has 0 saturated heterocycles. The Bertz CT molecular complexity index is 813. The molecule has 0 fully saturated rings. The second kappa shape index (κ2) is 5.99. The van der Waals surface area contributed by atoms with Crippen molar-refractivity contribution < 1.29 is 13.5 Å². The van der Waals surface area contributed by atoms with E-state index >= 15 is 0 Å². The summed E-state index contributed by atoms with van der Waals surface area (Å²) in [4.78, 5) is 0.103. The van der Waals surface area contributed by atoms with E-state index in [1.54, 1.807) is 25.1 Å². The molecule has 0 amide bonds. The molecule has 7 heteroatoms. The van der Waals surface area contributed by atoms with E-state index < -0.39 is 10.0 Å². The van der Waals surface area contributed by atoms with E-state index in [0.29, 0.717) is 16.9 Å². The molecule has 0 radical (unpaired) electrons. The van der Waals surface area contributed by atoms with E-state index in [0.717, 1.165) is 5.56 Å². The number of sulfonamides is 1. The largest absolute Gasteiger partial charge is 0.384 e. The summed E-state index contributed by atoms with van der Waals surface area (Å²) in [5.74, 6) is 5.33. The first-order chi connectivity index (χ1) is 9.94. The first-order valence-electron chi connectivity index (χ1n) is 6.17. The molecule has 2 rings (SSSR count). The average Bonchev–Trinajstić information content (AvgIpc) is 2.86. The van der Waals surface area contributed by atoms with Crippen molar-refractivity contribution in [3.63, 3.8) is 0 Å². The van der Waals surface area contributed by atoms with E-state index in [9.17, 15) is 8.42 Å². The Balaban J connectivity index is 2.34. The number of aromatic nitrogens is 2. The van der Waals surface area contributed by atoms with Crippen molar-refractivity contribution in [1.29, 1.82) is 0 Å². The molecule has 21 heavy (non-hydrogen) atoms. The predicted molar refractivity (Wildman–Crippen MR) is 79.3 cm³/mol. The lowest BCUT2D eigenvalue weighted by Gasteiger charge is -2.08. The molecule has 0 saturated carbocycles. The predicted octanol–water partition coefficient (Wildman–Crippen LogP) is 1.17. The van der Waals surface area contributed by atoms with E-state index in [2.05, 4.69) is 26.8 Å². The van der Waals surface area contributed by atoms with Crippen LogP contribution in [0.2, 0.25) is 0 Å². The summed E-state index contributed by atoms with van der Waals surface area (Å²) >= 11 is 0. The standard InChI is InChI=1S/C14H15N3O3S/c1-10-5-6-13(8-12(10)4-3-7-18)17-21(19,20)14-9-15-16-11(14)2/h5-6,8-9,17-18H,7H2,1-2H3,(H,15,16). The zero-order chi connectivity index (χ0) is 15.5. The zero-order valence-corrected chi connectivity index (χ0v) is 12.5. The van der Waals surface area contributed by atoms with Gasteiger partial charge in [-0.2, -0.15) is 5.10 Å². The van der Waals surface area contributed by atoms with Gasteiger partial charge in [0, 0.05) is 5.56 Å². The number of aliphatic hydroxyl groups is 1. The van der Waals surface area contributed by atoms with Crippen LogP contribution >= 0.6 is 0 Å². The van der Waals surface area contributed by atoms with E-state index in [4.69, 9.17) is 5.11 Å². The van der Waals surface area contributed by atoms with Gasteiger partial charge in [0.1, 0.15) is 11.5 Å². The summed E-state index contributed by atoms with van der Waals surface area (Å²) < 4.78 is 27.0. The fourth-order valence-electron chi connectivity index (χ4n) is 1.78. The Hall–Kier alpha value is -2.30. The summed E-state index contributed by atoms with van der Waals surface area (Å²) in [6.07, 6.45) is 1.26. The number of aliphatic hydroxyl groups excluding tert-OH is 1. The minimum atomic E-state index is -3.69. The SMILES string of the molecule is Cc1ccc(NS(=O)(=O)c2cn[nH]c2C)cc1C#CCO. The number of hydrogen-bond donors (Lipinski definition) is 3. The van der Waals surface area contributed by atoms with Crippen molar-refractivity contribution in [2.75, 3.05) is 11.3 Å². The van der Waals surface area contributed by atoms with Crippen LogP contribution in [-0.4, -0.2) is 30.3 Å². The van der Waals surface area contributed by atoms with Crippen molar-refractivity contribution in [3.05, 3.63) is 41.2 Å². The monoisotopic (exact) mass is 305 g/mol. The van der Waals surface area contributed by atoms with E-state index in [1.807, 2.05) is 6.92 Å². The highest BCUT2D eigenvalue weighted by Crippen LogP contribution is 2.20. The molecule has 1 aromatic heterocycles. The molecule has 2 aromatic rings. The normalized spacial score (nSPS) is 10.8. The quantitative estimate of drug-likeness (QED) is 0.742. The van der Waals surface area contributed by atoms with Crippen molar-refractivity contribution in [3.8, 4) is 11.8 Å². The van der Waals surface area contributed by atoms with Crippen LogP contribution in [0.4, 0.5) is 5.69 Å². The van der Waals surface area contributed by atoms with Crippen LogP contribution in [0.15, 0.2) is 29.3 Å². The number of benzene rings is 1. The Labute approximate surface area is 123 Å². The molecule has 1 heterocycles. The smallest absolute Gasteiger partial charge is 0.265 e. The molecule has 0 atom stereocenters. The molecule has 6 nitrogen and oxygen atoms in total. The third-order valence-corrected chi connectivity index (χ3v) is 4.36. The summed E-state index contributed by atoms with van der Waals surface area (Å²) in [5.41, 5.74) is 2.44. The fourth-order valence-corrected chi connectivity index (χ4v) is 2.96. The highest BCUT2D eigenvalue weighted by molar-refractivity contribution is 7.92. The Morgan fingerprint density at radius 2 is 2.14 bits per heavy atom. The van der Waals surface area contributed by atoms with Gasteiger partial charge in [-0.05, 0) is 31.5 Å². The molecule has 0 spiro atoms. The van der Waals surface area contributed by atoms with Crippen molar-refractivity contribution >= 4 is 15.7 Å². The molecule has 110 valence electrons. The number of H-pyrrole nitrogens is 1. The minimum absolute atomic E-state index is 0.103. The van der Waals surface area contributed by atoms with Crippen LogP contribution in [0.25, 0.3) is 0 Å². The second-order valence-electron chi connectivity index (χ2n) is 4.45. The summed E-state index contributed by atoms with van der Waals surface area (Å²) in [5, 5.41) is 15.0. The molecule has 3 N–H and O–H groups in total. The van der Waals surface area contributed by atoms with Crippen molar-refractivity contribution in [2.24, 2.45) is 0 Å². The maximum atomic E-state index is 12.2. The molecule has 0 bridgehead atoms. The van der Waals surface area contributed by atoms with Crippen molar-refractivity contribution in [1.82, 2.24) is 10.2 Å². The zero-order valence-electron chi connectivity index (χ0n) is 11.6. The lowest BCUT2D eigenvalue weighted by atomic mass is 10.1. The van der Waals surface area contributed by atoms with Gasteiger partial charge in [0.25, 0.3) is 10.0 Å². The molecule has 0 aliphatic heterocycles. The number of aromatic amines is 1. The minimum Gasteiger partial charge on any atom is -0.384 e. The van der Waals surface area contributed by atoms with Gasteiger partial charge in [0.15, 0.2) is 0 Å². The Kier molecular flexibility index (Phi) is 4.31. The maximum absolute atomic E-state index is 12.2. The van der Waals surface area contributed by atoms with Gasteiger partial charge in [-0.3, -0.25) is 9.82 Å². The second-order valence-corrected chi connectivity index (χ2v) is 6.11. The topological polar surface area (TPSA) is 95.1 Å². The number of anilines is 1.